The molecule has 1 N–H and O–H groups in total. The highest BCUT2D eigenvalue weighted by Crippen LogP contribution is 2.37. The molecule has 3 heteroatoms. The number of carbonyl (C=O) groups is 1. The Bertz CT molecular complexity index is 487. The van der Waals surface area contributed by atoms with Gasteiger partial charge in [0.15, 0.2) is 0 Å². The third kappa shape index (κ3) is 2.55. The lowest BCUT2D eigenvalue weighted by molar-refractivity contribution is -0.131. The Labute approximate surface area is 107 Å². The van der Waals surface area contributed by atoms with Crippen molar-refractivity contribution in [2.45, 2.75) is 32.6 Å². The number of aliphatic carboxylic acids is 1. The van der Waals surface area contributed by atoms with Crippen molar-refractivity contribution in [1.82, 2.24) is 0 Å². The Balaban J connectivity index is 2.56. The zero-order valence-corrected chi connectivity index (χ0v) is 10.8. The lowest BCUT2D eigenvalue weighted by atomic mass is 9.94. The van der Waals surface area contributed by atoms with Gasteiger partial charge in [0.1, 0.15) is 5.75 Å². The Morgan fingerprint density at radius 3 is 2.89 bits per heavy atom. The molecule has 1 heterocycles. The largest absolute Gasteiger partial charge is 0.493 e. The first-order chi connectivity index (χ1) is 8.59. The summed E-state index contributed by atoms with van der Waals surface area (Å²) in [7, 11) is 0. The number of benzene rings is 1. The van der Waals surface area contributed by atoms with Crippen LogP contribution in [0.3, 0.4) is 0 Å². The van der Waals surface area contributed by atoms with Crippen LogP contribution >= 0.6 is 0 Å². The van der Waals surface area contributed by atoms with Crippen molar-refractivity contribution in [2.24, 2.45) is 0 Å². The van der Waals surface area contributed by atoms with Crippen LogP contribution in [-0.4, -0.2) is 17.7 Å². The Morgan fingerprint density at radius 1 is 1.44 bits per heavy atom. The van der Waals surface area contributed by atoms with Crippen LogP contribution in [0.1, 0.15) is 43.7 Å². The third-order valence-electron chi connectivity index (χ3n) is 3.15. The van der Waals surface area contributed by atoms with Gasteiger partial charge in [0.05, 0.1) is 6.61 Å². The van der Waals surface area contributed by atoms with Gasteiger partial charge in [0, 0.05) is 11.6 Å². The van der Waals surface area contributed by atoms with Gasteiger partial charge in [0.25, 0.3) is 0 Å². The van der Waals surface area contributed by atoms with Crippen LogP contribution in [0, 0.1) is 0 Å². The summed E-state index contributed by atoms with van der Waals surface area (Å²) in [5, 5.41) is 8.94. The van der Waals surface area contributed by atoms with Gasteiger partial charge in [-0.25, -0.2) is 4.79 Å². The molecule has 0 atom stereocenters. The fourth-order valence-corrected chi connectivity index (χ4v) is 2.29. The molecule has 0 radical (unpaired) electrons. The predicted molar refractivity (Wildman–Crippen MR) is 70.9 cm³/mol. The van der Waals surface area contributed by atoms with Gasteiger partial charge in [-0.1, -0.05) is 32.0 Å². The van der Waals surface area contributed by atoms with E-state index < -0.39 is 5.97 Å². The molecule has 0 saturated carbocycles. The molecule has 0 amide bonds. The van der Waals surface area contributed by atoms with Gasteiger partial charge in [-0.15, -0.1) is 0 Å². The van der Waals surface area contributed by atoms with Gasteiger partial charge < -0.3 is 9.84 Å². The summed E-state index contributed by atoms with van der Waals surface area (Å²) in [6, 6.07) is 5.97. The lowest BCUT2D eigenvalue weighted by Gasteiger charge is -2.16. The van der Waals surface area contributed by atoms with Gasteiger partial charge in [-0.3, -0.25) is 0 Å². The van der Waals surface area contributed by atoms with E-state index in [0.29, 0.717) is 12.5 Å². The molecule has 0 aliphatic carbocycles. The molecule has 1 aromatic rings. The van der Waals surface area contributed by atoms with Crippen molar-refractivity contribution in [3.63, 3.8) is 0 Å². The normalized spacial score (nSPS) is 17.2. The minimum atomic E-state index is -0.896. The van der Waals surface area contributed by atoms with Crippen molar-refractivity contribution >= 4 is 11.5 Å². The molecule has 0 bridgehead atoms. The number of carboxylic acids is 1. The van der Waals surface area contributed by atoms with Crippen LogP contribution in [0.15, 0.2) is 24.3 Å². The molecule has 0 fully saturated rings. The molecule has 0 saturated heterocycles. The highest BCUT2D eigenvalue weighted by molar-refractivity contribution is 5.91. The maximum absolute atomic E-state index is 10.9. The molecule has 3 nitrogen and oxygen atoms in total. The fourth-order valence-electron chi connectivity index (χ4n) is 2.29. The number of ether oxygens (including phenoxy) is 1. The van der Waals surface area contributed by atoms with Gasteiger partial charge in [-0.05, 0) is 29.9 Å². The number of para-hydroxylation sites is 1. The molecular weight excluding hydrogens is 228 g/mol. The highest BCUT2D eigenvalue weighted by Gasteiger charge is 2.18. The van der Waals surface area contributed by atoms with Crippen molar-refractivity contribution in [2.75, 3.05) is 6.61 Å². The van der Waals surface area contributed by atoms with E-state index in [4.69, 9.17) is 9.84 Å². The van der Waals surface area contributed by atoms with Crippen molar-refractivity contribution in [3.8, 4) is 5.75 Å². The van der Waals surface area contributed by atoms with Crippen molar-refractivity contribution in [1.29, 1.82) is 0 Å². The topological polar surface area (TPSA) is 46.5 Å². The Hall–Kier alpha value is -1.77. The van der Waals surface area contributed by atoms with Crippen LogP contribution in [0.25, 0.3) is 5.57 Å². The lowest BCUT2D eigenvalue weighted by Crippen LogP contribution is -2.00. The highest BCUT2D eigenvalue weighted by atomic mass is 16.5. The van der Waals surface area contributed by atoms with Crippen molar-refractivity contribution in [3.05, 3.63) is 35.4 Å². The average molecular weight is 246 g/mol. The van der Waals surface area contributed by atoms with E-state index in [2.05, 4.69) is 13.8 Å². The number of rotatable bonds is 2. The second kappa shape index (κ2) is 5.25. The SMILES string of the molecule is CC(C)c1cccc2c1OCCC/C2=C\C(=O)O. The van der Waals surface area contributed by atoms with Crippen LogP contribution in [0.2, 0.25) is 0 Å². The maximum atomic E-state index is 10.9. The van der Waals surface area contributed by atoms with E-state index in [-0.39, 0.29) is 0 Å². The molecule has 1 aliphatic heterocycles. The molecule has 2 rings (SSSR count). The number of allylic oxidation sites excluding steroid dienone is 1. The van der Waals surface area contributed by atoms with Gasteiger partial charge in [0.2, 0.25) is 0 Å². The van der Waals surface area contributed by atoms with Crippen LogP contribution in [0.5, 0.6) is 5.75 Å². The summed E-state index contributed by atoms with van der Waals surface area (Å²) in [4.78, 5) is 10.9. The molecule has 1 aromatic carbocycles. The smallest absolute Gasteiger partial charge is 0.328 e. The number of hydrogen-bond acceptors (Lipinski definition) is 2. The number of carboxylic acid groups (broad SMARTS) is 1. The van der Waals surface area contributed by atoms with E-state index in [1.807, 2.05) is 18.2 Å². The Morgan fingerprint density at radius 2 is 2.22 bits per heavy atom. The molecule has 0 spiro atoms. The zero-order valence-electron chi connectivity index (χ0n) is 10.8. The minimum Gasteiger partial charge on any atom is -0.493 e. The van der Waals surface area contributed by atoms with E-state index in [9.17, 15) is 4.79 Å². The number of hydrogen-bond donors (Lipinski definition) is 1. The minimum absolute atomic E-state index is 0.365. The zero-order chi connectivity index (χ0) is 13.1. The van der Waals surface area contributed by atoms with Gasteiger partial charge >= 0.3 is 5.97 Å². The molecule has 96 valence electrons. The molecule has 1 aliphatic rings. The second-order valence-corrected chi connectivity index (χ2v) is 4.84. The fraction of sp³-hybridized carbons (Fsp3) is 0.400. The number of fused-ring (bicyclic) bond motifs is 1. The summed E-state index contributed by atoms with van der Waals surface area (Å²) in [5.41, 5.74) is 2.93. The monoisotopic (exact) mass is 246 g/mol. The maximum Gasteiger partial charge on any atom is 0.328 e. The first kappa shape index (κ1) is 12.7. The molecular formula is C15H18O3. The van der Waals surface area contributed by atoms with Crippen LogP contribution < -0.4 is 4.74 Å². The third-order valence-corrected chi connectivity index (χ3v) is 3.15. The first-order valence-electron chi connectivity index (χ1n) is 6.29. The van der Waals surface area contributed by atoms with Gasteiger partial charge in [-0.2, -0.15) is 0 Å². The van der Waals surface area contributed by atoms with Crippen LogP contribution in [-0.2, 0) is 4.79 Å². The second-order valence-electron chi connectivity index (χ2n) is 4.84. The first-order valence-corrected chi connectivity index (χ1v) is 6.29. The standard InChI is InChI=1S/C15H18O3/c1-10(2)12-6-3-7-13-11(9-14(16)17)5-4-8-18-15(12)13/h3,6-7,9-10H,4-5,8H2,1-2H3,(H,16,17)/b11-9+. The van der Waals surface area contributed by atoms with E-state index >= 15 is 0 Å². The summed E-state index contributed by atoms with van der Waals surface area (Å²) in [6.07, 6.45) is 2.91. The average Bonchev–Trinajstić information content (AvgIpc) is 2.51. The summed E-state index contributed by atoms with van der Waals surface area (Å²) >= 11 is 0. The quantitative estimate of drug-likeness (QED) is 0.813. The van der Waals surface area contributed by atoms with E-state index in [0.717, 1.165) is 35.3 Å². The molecule has 18 heavy (non-hydrogen) atoms. The molecule has 0 unspecified atom stereocenters. The summed E-state index contributed by atoms with van der Waals surface area (Å²) in [5.74, 6) is 0.328. The molecule has 0 aromatic heterocycles. The Kier molecular flexibility index (Phi) is 3.70. The predicted octanol–water partition coefficient (Wildman–Crippen LogP) is 3.45. The van der Waals surface area contributed by atoms with E-state index in [1.165, 1.54) is 6.08 Å². The summed E-state index contributed by atoms with van der Waals surface area (Å²) < 4.78 is 5.82. The van der Waals surface area contributed by atoms with Crippen molar-refractivity contribution < 1.29 is 14.6 Å². The summed E-state index contributed by atoms with van der Waals surface area (Å²) in [6.45, 7) is 4.88. The van der Waals surface area contributed by atoms with Crippen LogP contribution in [0.4, 0.5) is 0 Å². The van der Waals surface area contributed by atoms with E-state index in [1.54, 1.807) is 0 Å².